The van der Waals surface area contributed by atoms with E-state index >= 15 is 0 Å². The van der Waals surface area contributed by atoms with Gasteiger partial charge in [0.15, 0.2) is 0 Å². The molecule has 0 aromatic heterocycles. The Balaban J connectivity index is 2.05. The first-order chi connectivity index (χ1) is 10.1. The van der Waals surface area contributed by atoms with E-state index in [2.05, 4.69) is 0 Å². The fourth-order valence-corrected chi connectivity index (χ4v) is 2.12. The van der Waals surface area contributed by atoms with E-state index in [0.29, 0.717) is 11.3 Å². The lowest BCUT2D eigenvalue weighted by molar-refractivity contribution is -0.129. The maximum absolute atomic E-state index is 13.6. The Morgan fingerprint density at radius 1 is 1.10 bits per heavy atom. The van der Waals surface area contributed by atoms with Crippen LogP contribution in [0.2, 0.25) is 0 Å². The molecular weight excluding hydrogens is 269 g/mol. The van der Waals surface area contributed by atoms with Gasteiger partial charge in [0.1, 0.15) is 11.6 Å². The van der Waals surface area contributed by atoms with Crippen LogP contribution in [0, 0.1) is 5.82 Å². The lowest BCUT2D eigenvalue weighted by Gasteiger charge is -2.18. The van der Waals surface area contributed by atoms with E-state index < -0.39 is 0 Å². The summed E-state index contributed by atoms with van der Waals surface area (Å²) in [5.74, 6) is 0.308. The Hall–Kier alpha value is -2.36. The Morgan fingerprint density at radius 2 is 1.71 bits per heavy atom. The quantitative estimate of drug-likeness (QED) is 0.846. The van der Waals surface area contributed by atoms with E-state index in [1.54, 1.807) is 32.4 Å². The number of halogens is 1. The number of rotatable bonds is 5. The molecule has 0 spiro atoms. The first kappa shape index (κ1) is 15.0. The SMILES string of the molecule is COc1ccccc1CC(=O)N(C)Cc1ccccc1F. The minimum Gasteiger partial charge on any atom is -0.496 e. The van der Waals surface area contributed by atoms with Gasteiger partial charge in [0, 0.05) is 24.7 Å². The van der Waals surface area contributed by atoms with Crippen molar-refractivity contribution >= 4 is 5.91 Å². The number of hydrogen-bond donors (Lipinski definition) is 0. The summed E-state index contributed by atoms with van der Waals surface area (Å²) >= 11 is 0. The van der Waals surface area contributed by atoms with Gasteiger partial charge in [0.2, 0.25) is 5.91 Å². The van der Waals surface area contributed by atoms with Gasteiger partial charge < -0.3 is 9.64 Å². The predicted octanol–water partition coefficient (Wildman–Crippen LogP) is 3.04. The average molecular weight is 287 g/mol. The van der Waals surface area contributed by atoms with Crippen molar-refractivity contribution in [3.8, 4) is 5.75 Å². The number of amides is 1. The summed E-state index contributed by atoms with van der Waals surface area (Å²) in [7, 11) is 3.25. The number of likely N-dealkylation sites (N-methyl/N-ethyl adjacent to an activating group) is 1. The third-order valence-electron chi connectivity index (χ3n) is 3.33. The summed E-state index contributed by atoms with van der Waals surface area (Å²) in [6.45, 7) is 0.251. The molecule has 0 aliphatic rings. The van der Waals surface area contributed by atoms with Crippen molar-refractivity contribution < 1.29 is 13.9 Å². The third kappa shape index (κ3) is 3.81. The second-order valence-electron chi connectivity index (χ2n) is 4.83. The Morgan fingerprint density at radius 3 is 2.38 bits per heavy atom. The number of benzene rings is 2. The molecule has 0 saturated carbocycles. The molecule has 21 heavy (non-hydrogen) atoms. The predicted molar refractivity (Wildman–Crippen MR) is 79.6 cm³/mol. The normalized spacial score (nSPS) is 10.2. The molecule has 0 fully saturated rings. The van der Waals surface area contributed by atoms with E-state index in [1.165, 1.54) is 11.0 Å². The van der Waals surface area contributed by atoms with Gasteiger partial charge in [-0.25, -0.2) is 4.39 Å². The Kier molecular flexibility index (Phi) is 4.93. The summed E-state index contributed by atoms with van der Waals surface area (Å²) in [6.07, 6.45) is 0.231. The highest BCUT2D eigenvalue weighted by molar-refractivity contribution is 5.79. The monoisotopic (exact) mass is 287 g/mol. The van der Waals surface area contributed by atoms with Crippen LogP contribution in [-0.4, -0.2) is 25.0 Å². The molecule has 0 radical (unpaired) electrons. The molecule has 0 saturated heterocycles. The minimum absolute atomic E-state index is 0.0808. The van der Waals surface area contributed by atoms with Crippen LogP contribution in [0.1, 0.15) is 11.1 Å². The second kappa shape index (κ2) is 6.88. The zero-order chi connectivity index (χ0) is 15.2. The zero-order valence-electron chi connectivity index (χ0n) is 12.2. The molecule has 3 nitrogen and oxygen atoms in total. The molecule has 0 N–H and O–H groups in total. The topological polar surface area (TPSA) is 29.5 Å². The summed E-state index contributed by atoms with van der Waals surface area (Å²) in [5.41, 5.74) is 1.33. The van der Waals surface area contributed by atoms with Crippen LogP contribution >= 0.6 is 0 Å². The fraction of sp³-hybridized carbons (Fsp3) is 0.235. The minimum atomic E-state index is -0.297. The van der Waals surface area contributed by atoms with Crippen LogP contribution in [0.3, 0.4) is 0 Å². The van der Waals surface area contributed by atoms with Crippen LogP contribution in [0.4, 0.5) is 4.39 Å². The van der Waals surface area contributed by atoms with Gasteiger partial charge in [-0.15, -0.1) is 0 Å². The highest BCUT2D eigenvalue weighted by Gasteiger charge is 2.14. The number of para-hydroxylation sites is 1. The lowest BCUT2D eigenvalue weighted by Crippen LogP contribution is -2.28. The fourth-order valence-electron chi connectivity index (χ4n) is 2.12. The number of nitrogens with zero attached hydrogens (tertiary/aromatic N) is 1. The summed E-state index contributed by atoms with van der Waals surface area (Å²) in [6, 6.07) is 13.9. The van der Waals surface area contributed by atoms with Crippen molar-refractivity contribution in [2.45, 2.75) is 13.0 Å². The molecule has 2 rings (SSSR count). The van der Waals surface area contributed by atoms with Gasteiger partial charge in [0.05, 0.1) is 13.5 Å². The first-order valence-electron chi connectivity index (χ1n) is 6.71. The number of hydrogen-bond acceptors (Lipinski definition) is 2. The van der Waals surface area contributed by atoms with E-state index in [1.807, 2.05) is 24.3 Å². The first-order valence-corrected chi connectivity index (χ1v) is 6.71. The molecule has 0 heterocycles. The van der Waals surface area contributed by atoms with Crippen molar-refractivity contribution in [1.82, 2.24) is 4.90 Å². The maximum Gasteiger partial charge on any atom is 0.227 e. The molecule has 2 aromatic rings. The van der Waals surface area contributed by atoms with Crippen LogP contribution in [0.25, 0.3) is 0 Å². The largest absolute Gasteiger partial charge is 0.496 e. The standard InChI is InChI=1S/C17H18FNO2/c1-19(12-14-8-3-5-9-15(14)18)17(20)11-13-7-4-6-10-16(13)21-2/h3-10H,11-12H2,1-2H3. The van der Waals surface area contributed by atoms with Gasteiger partial charge in [-0.1, -0.05) is 36.4 Å². The van der Waals surface area contributed by atoms with E-state index in [-0.39, 0.29) is 24.7 Å². The van der Waals surface area contributed by atoms with Crippen LogP contribution in [-0.2, 0) is 17.8 Å². The maximum atomic E-state index is 13.6. The van der Waals surface area contributed by atoms with Gasteiger partial charge in [0.25, 0.3) is 0 Å². The van der Waals surface area contributed by atoms with Gasteiger partial charge in [-0.3, -0.25) is 4.79 Å². The van der Waals surface area contributed by atoms with Gasteiger partial charge in [-0.2, -0.15) is 0 Å². The number of ether oxygens (including phenoxy) is 1. The molecule has 110 valence electrons. The van der Waals surface area contributed by atoms with E-state index in [0.717, 1.165) is 5.56 Å². The molecule has 0 unspecified atom stereocenters. The van der Waals surface area contributed by atoms with Crippen molar-refractivity contribution in [2.75, 3.05) is 14.2 Å². The molecule has 0 aliphatic heterocycles. The van der Waals surface area contributed by atoms with Crippen molar-refractivity contribution in [3.05, 3.63) is 65.5 Å². The zero-order valence-corrected chi connectivity index (χ0v) is 12.2. The molecule has 2 aromatic carbocycles. The Labute approximate surface area is 124 Å². The van der Waals surface area contributed by atoms with Gasteiger partial charge in [-0.05, 0) is 12.1 Å². The van der Waals surface area contributed by atoms with E-state index in [4.69, 9.17) is 4.74 Å². The lowest BCUT2D eigenvalue weighted by atomic mass is 10.1. The highest BCUT2D eigenvalue weighted by Crippen LogP contribution is 2.19. The van der Waals surface area contributed by atoms with Crippen molar-refractivity contribution in [2.24, 2.45) is 0 Å². The Bertz CT molecular complexity index is 628. The number of carbonyl (C=O) groups is 1. The molecule has 1 amide bonds. The van der Waals surface area contributed by atoms with Crippen molar-refractivity contribution in [3.63, 3.8) is 0 Å². The third-order valence-corrected chi connectivity index (χ3v) is 3.33. The molecule has 0 aliphatic carbocycles. The van der Waals surface area contributed by atoms with E-state index in [9.17, 15) is 9.18 Å². The molecule has 0 atom stereocenters. The molecule has 0 bridgehead atoms. The van der Waals surface area contributed by atoms with Crippen molar-refractivity contribution in [1.29, 1.82) is 0 Å². The molecule has 4 heteroatoms. The van der Waals surface area contributed by atoms with Crippen LogP contribution in [0.15, 0.2) is 48.5 Å². The smallest absolute Gasteiger partial charge is 0.227 e. The highest BCUT2D eigenvalue weighted by atomic mass is 19.1. The number of methoxy groups -OCH3 is 1. The molecular formula is C17H18FNO2. The van der Waals surface area contributed by atoms with Crippen LogP contribution < -0.4 is 4.74 Å². The summed E-state index contributed by atoms with van der Waals surface area (Å²) in [5, 5.41) is 0. The summed E-state index contributed by atoms with van der Waals surface area (Å²) in [4.78, 5) is 13.8. The van der Waals surface area contributed by atoms with Gasteiger partial charge >= 0.3 is 0 Å². The number of carbonyl (C=O) groups excluding carboxylic acids is 1. The average Bonchev–Trinajstić information content (AvgIpc) is 2.50. The van der Waals surface area contributed by atoms with Crippen LogP contribution in [0.5, 0.6) is 5.75 Å². The summed E-state index contributed by atoms with van der Waals surface area (Å²) < 4.78 is 18.8. The second-order valence-corrected chi connectivity index (χ2v) is 4.83.